The van der Waals surface area contributed by atoms with Gasteiger partial charge in [0.15, 0.2) is 6.61 Å². The Morgan fingerprint density at radius 3 is 2.60 bits per heavy atom. The van der Waals surface area contributed by atoms with Gasteiger partial charge in [-0.3, -0.25) is 4.79 Å². The van der Waals surface area contributed by atoms with Gasteiger partial charge in [0.1, 0.15) is 5.75 Å². The van der Waals surface area contributed by atoms with Crippen LogP contribution in [0.3, 0.4) is 0 Å². The predicted molar refractivity (Wildman–Crippen MR) is 68.6 cm³/mol. The van der Waals surface area contributed by atoms with E-state index in [-0.39, 0.29) is 23.5 Å². The van der Waals surface area contributed by atoms with E-state index in [1.54, 1.807) is 0 Å². The fraction of sp³-hybridized carbons (Fsp3) is 0.250. The van der Waals surface area contributed by atoms with E-state index in [4.69, 9.17) is 15.6 Å². The van der Waals surface area contributed by atoms with Crippen LogP contribution in [0.5, 0.6) is 5.75 Å². The fourth-order valence-corrected chi connectivity index (χ4v) is 1.33. The van der Waals surface area contributed by atoms with E-state index in [1.807, 2.05) is 0 Å². The van der Waals surface area contributed by atoms with Crippen molar-refractivity contribution in [1.29, 1.82) is 0 Å². The molecule has 8 heteroatoms. The van der Waals surface area contributed by atoms with Gasteiger partial charge < -0.3 is 25.6 Å². The van der Waals surface area contributed by atoms with Crippen LogP contribution in [0.4, 0.5) is 5.69 Å². The van der Waals surface area contributed by atoms with Crippen molar-refractivity contribution in [2.24, 2.45) is 5.73 Å². The smallest absolute Gasteiger partial charge is 0.341 e. The zero-order chi connectivity index (χ0) is 15.1. The number of nitrogens with one attached hydrogen (secondary N) is 1. The van der Waals surface area contributed by atoms with Gasteiger partial charge in [0.2, 0.25) is 5.91 Å². The Morgan fingerprint density at radius 2 is 2.05 bits per heavy atom. The molecule has 0 fully saturated rings. The van der Waals surface area contributed by atoms with Crippen molar-refractivity contribution in [2.75, 3.05) is 25.6 Å². The summed E-state index contributed by atoms with van der Waals surface area (Å²) in [5.41, 5.74) is 5.55. The van der Waals surface area contributed by atoms with Gasteiger partial charge in [-0.15, -0.1) is 0 Å². The minimum atomic E-state index is -1.19. The van der Waals surface area contributed by atoms with E-state index in [0.29, 0.717) is 0 Å². The molecule has 1 rings (SSSR count). The number of anilines is 1. The second-order valence-corrected chi connectivity index (χ2v) is 3.64. The molecule has 0 saturated carbocycles. The highest BCUT2D eigenvalue weighted by Gasteiger charge is 2.13. The van der Waals surface area contributed by atoms with Crippen LogP contribution in [0.2, 0.25) is 0 Å². The third-order valence-electron chi connectivity index (χ3n) is 2.21. The molecule has 0 radical (unpaired) electrons. The lowest BCUT2D eigenvalue weighted by Gasteiger charge is -2.12. The summed E-state index contributed by atoms with van der Waals surface area (Å²) < 4.78 is 9.56. The summed E-state index contributed by atoms with van der Waals surface area (Å²) in [5.74, 6) is -2.24. The minimum absolute atomic E-state index is 0.0390. The zero-order valence-electron chi connectivity index (χ0n) is 10.7. The van der Waals surface area contributed by atoms with Gasteiger partial charge in [-0.05, 0) is 18.2 Å². The van der Waals surface area contributed by atoms with Crippen LogP contribution in [0, 0.1) is 0 Å². The second kappa shape index (κ2) is 7.10. The number of hydrogen-bond donors (Lipinski definition) is 3. The second-order valence-electron chi connectivity index (χ2n) is 3.64. The van der Waals surface area contributed by atoms with Gasteiger partial charge in [0.25, 0.3) is 0 Å². The Labute approximate surface area is 114 Å². The first-order chi connectivity index (χ1) is 9.47. The van der Waals surface area contributed by atoms with Crippen LogP contribution in [0.15, 0.2) is 18.2 Å². The van der Waals surface area contributed by atoms with E-state index in [9.17, 15) is 14.4 Å². The Kier molecular flexibility index (Phi) is 5.48. The Hall–Kier alpha value is -2.61. The standard InChI is InChI=1S/C12H14N2O6/c1-19-12(18)7-2-3-8(14-10(15)5-13)9(4-7)20-6-11(16)17/h2-4H,5-6,13H2,1H3,(H,14,15)(H,16,17). The number of hydrogen-bond acceptors (Lipinski definition) is 6. The van der Waals surface area contributed by atoms with Crippen LogP contribution >= 0.6 is 0 Å². The van der Waals surface area contributed by atoms with E-state index >= 15 is 0 Å². The van der Waals surface area contributed by atoms with Crippen molar-refractivity contribution in [2.45, 2.75) is 0 Å². The molecule has 0 aromatic heterocycles. The quantitative estimate of drug-likeness (QED) is 0.618. The van der Waals surface area contributed by atoms with E-state index in [2.05, 4.69) is 10.1 Å². The molecule has 0 atom stereocenters. The SMILES string of the molecule is COC(=O)c1ccc(NC(=O)CN)c(OCC(=O)O)c1. The van der Waals surface area contributed by atoms with Crippen LogP contribution in [-0.4, -0.2) is 43.2 Å². The average molecular weight is 282 g/mol. The third kappa shape index (κ3) is 4.25. The highest BCUT2D eigenvalue weighted by molar-refractivity contribution is 5.95. The number of carbonyl (C=O) groups is 3. The summed E-state index contributed by atoms with van der Waals surface area (Å²) in [6, 6.07) is 4.09. The molecule has 0 aliphatic carbocycles. The maximum atomic E-state index is 11.4. The molecule has 1 aromatic rings. The molecule has 0 saturated heterocycles. The molecule has 0 unspecified atom stereocenters. The maximum Gasteiger partial charge on any atom is 0.341 e. The summed E-state index contributed by atoms with van der Waals surface area (Å²) in [6.45, 7) is -0.854. The third-order valence-corrected chi connectivity index (χ3v) is 2.21. The first-order valence-corrected chi connectivity index (χ1v) is 5.54. The van der Waals surface area contributed by atoms with Crippen LogP contribution in [-0.2, 0) is 14.3 Å². The predicted octanol–water partition coefficient (Wildman–Crippen LogP) is -0.166. The molecule has 1 amide bonds. The molecular weight excluding hydrogens is 268 g/mol. The Balaban J connectivity index is 3.05. The number of methoxy groups -OCH3 is 1. The number of rotatable bonds is 6. The monoisotopic (exact) mass is 282 g/mol. The molecule has 1 aromatic carbocycles. The minimum Gasteiger partial charge on any atom is -0.480 e. The van der Waals surface area contributed by atoms with Gasteiger partial charge >= 0.3 is 11.9 Å². The maximum absolute atomic E-state index is 11.4. The lowest BCUT2D eigenvalue weighted by atomic mass is 10.2. The highest BCUT2D eigenvalue weighted by Crippen LogP contribution is 2.26. The molecule has 20 heavy (non-hydrogen) atoms. The molecule has 0 aliphatic rings. The van der Waals surface area contributed by atoms with Gasteiger partial charge in [0.05, 0.1) is 24.9 Å². The summed E-state index contributed by atoms with van der Waals surface area (Å²) in [7, 11) is 1.21. The van der Waals surface area contributed by atoms with Crippen molar-refractivity contribution < 1.29 is 29.0 Å². The summed E-state index contributed by atoms with van der Waals surface area (Å²) in [5, 5.41) is 11.0. The molecule has 0 aliphatic heterocycles. The molecular formula is C12H14N2O6. The molecule has 108 valence electrons. The molecule has 0 spiro atoms. The van der Waals surface area contributed by atoms with E-state index in [1.165, 1.54) is 25.3 Å². The number of aliphatic carboxylic acids is 1. The summed E-state index contributed by atoms with van der Waals surface area (Å²) >= 11 is 0. The normalized spacial score (nSPS) is 9.70. The van der Waals surface area contributed by atoms with Crippen molar-refractivity contribution in [3.05, 3.63) is 23.8 Å². The first-order valence-electron chi connectivity index (χ1n) is 5.54. The number of esters is 1. The number of carbonyl (C=O) groups excluding carboxylic acids is 2. The topological polar surface area (TPSA) is 128 Å². The molecule has 8 nitrogen and oxygen atoms in total. The lowest BCUT2D eigenvalue weighted by Crippen LogP contribution is -2.22. The Bertz CT molecular complexity index is 529. The molecule has 4 N–H and O–H groups in total. The number of carboxylic acid groups (broad SMARTS) is 1. The number of ether oxygens (including phenoxy) is 2. The van der Waals surface area contributed by atoms with E-state index in [0.717, 1.165) is 0 Å². The van der Waals surface area contributed by atoms with Crippen molar-refractivity contribution in [3.63, 3.8) is 0 Å². The lowest BCUT2D eigenvalue weighted by molar-refractivity contribution is -0.139. The zero-order valence-corrected chi connectivity index (χ0v) is 10.7. The number of carboxylic acids is 1. The number of amides is 1. The summed E-state index contributed by atoms with van der Waals surface area (Å²) in [4.78, 5) is 33.2. The van der Waals surface area contributed by atoms with Gasteiger partial charge in [-0.1, -0.05) is 0 Å². The summed E-state index contributed by atoms with van der Waals surface area (Å²) in [6.07, 6.45) is 0. The average Bonchev–Trinajstić information content (AvgIpc) is 2.44. The van der Waals surface area contributed by atoms with Crippen molar-refractivity contribution >= 4 is 23.5 Å². The first kappa shape index (κ1) is 15.4. The number of nitrogens with two attached hydrogens (primary N) is 1. The van der Waals surface area contributed by atoms with Crippen LogP contribution in [0.1, 0.15) is 10.4 Å². The van der Waals surface area contributed by atoms with Crippen LogP contribution in [0.25, 0.3) is 0 Å². The fourth-order valence-electron chi connectivity index (χ4n) is 1.33. The van der Waals surface area contributed by atoms with E-state index < -0.39 is 24.5 Å². The molecule has 0 bridgehead atoms. The van der Waals surface area contributed by atoms with Crippen LogP contribution < -0.4 is 15.8 Å². The molecule has 0 heterocycles. The van der Waals surface area contributed by atoms with Crippen molar-refractivity contribution in [3.8, 4) is 5.75 Å². The van der Waals surface area contributed by atoms with Gasteiger partial charge in [-0.25, -0.2) is 9.59 Å². The van der Waals surface area contributed by atoms with Gasteiger partial charge in [0, 0.05) is 0 Å². The number of benzene rings is 1. The highest BCUT2D eigenvalue weighted by atomic mass is 16.5. The largest absolute Gasteiger partial charge is 0.480 e. The van der Waals surface area contributed by atoms with Crippen molar-refractivity contribution in [1.82, 2.24) is 0 Å². The Morgan fingerprint density at radius 1 is 1.35 bits per heavy atom. The van der Waals surface area contributed by atoms with Gasteiger partial charge in [-0.2, -0.15) is 0 Å².